The molecule has 2 fully saturated rings. The zero-order valence-corrected chi connectivity index (χ0v) is 11.1. The molecule has 0 radical (unpaired) electrons. The van der Waals surface area contributed by atoms with E-state index >= 15 is 0 Å². The van der Waals surface area contributed by atoms with Gasteiger partial charge in [-0.25, -0.2) is 0 Å². The fourth-order valence-electron chi connectivity index (χ4n) is 3.65. The molecule has 98 valence electrons. The van der Waals surface area contributed by atoms with Crippen LogP contribution in [0.4, 0.5) is 0 Å². The summed E-state index contributed by atoms with van der Waals surface area (Å²) in [6.45, 7) is 4.55. The molecule has 1 aliphatic carbocycles. The Morgan fingerprint density at radius 1 is 1.17 bits per heavy atom. The Morgan fingerprint density at radius 3 is 2.56 bits per heavy atom. The van der Waals surface area contributed by atoms with Crippen molar-refractivity contribution in [1.29, 1.82) is 0 Å². The molecule has 1 saturated carbocycles. The van der Waals surface area contributed by atoms with Crippen LogP contribution < -0.4 is 5.73 Å². The van der Waals surface area contributed by atoms with Gasteiger partial charge in [0.05, 0.1) is 0 Å². The second kappa shape index (κ2) is 5.02. The molecule has 0 bridgehead atoms. The van der Waals surface area contributed by atoms with Crippen LogP contribution in [0.25, 0.3) is 0 Å². The normalized spacial score (nSPS) is 26.4. The molecular weight excluding hydrogens is 220 g/mol. The van der Waals surface area contributed by atoms with E-state index in [9.17, 15) is 0 Å². The number of likely N-dealkylation sites (tertiary alicyclic amines) is 1. The molecule has 3 rings (SSSR count). The van der Waals surface area contributed by atoms with Crippen LogP contribution in [-0.4, -0.2) is 24.5 Å². The van der Waals surface area contributed by atoms with Crippen molar-refractivity contribution in [3.63, 3.8) is 0 Å². The SMILES string of the molecule is NCCC1CC12CCN(Cc1ccccc1)CC2. The largest absolute Gasteiger partial charge is 0.330 e. The zero-order chi connectivity index (χ0) is 12.4. The van der Waals surface area contributed by atoms with Crippen molar-refractivity contribution in [2.75, 3.05) is 19.6 Å². The van der Waals surface area contributed by atoms with Crippen LogP contribution in [0.15, 0.2) is 30.3 Å². The van der Waals surface area contributed by atoms with Crippen molar-refractivity contribution in [2.24, 2.45) is 17.1 Å². The quantitative estimate of drug-likeness (QED) is 0.882. The molecular formula is C16H24N2. The van der Waals surface area contributed by atoms with Gasteiger partial charge in [-0.1, -0.05) is 30.3 Å². The lowest BCUT2D eigenvalue weighted by Gasteiger charge is -2.33. The first kappa shape index (κ1) is 12.2. The molecule has 2 N–H and O–H groups in total. The monoisotopic (exact) mass is 244 g/mol. The average Bonchev–Trinajstić information content (AvgIpc) is 3.07. The highest BCUT2D eigenvalue weighted by molar-refractivity contribution is 5.15. The summed E-state index contributed by atoms with van der Waals surface area (Å²) in [5, 5.41) is 0. The van der Waals surface area contributed by atoms with E-state index in [4.69, 9.17) is 5.73 Å². The molecule has 0 aromatic heterocycles. The zero-order valence-electron chi connectivity index (χ0n) is 11.1. The lowest BCUT2D eigenvalue weighted by molar-refractivity contribution is 0.155. The van der Waals surface area contributed by atoms with Crippen molar-refractivity contribution in [3.05, 3.63) is 35.9 Å². The Kier molecular flexibility index (Phi) is 3.40. The maximum atomic E-state index is 5.68. The second-order valence-corrected chi connectivity index (χ2v) is 6.10. The minimum Gasteiger partial charge on any atom is -0.330 e. The number of rotatable bonds is 4. The first-order chi connectivity index (χ1) is 8.82. The smallest absolute Gasteiger partial charge is 0.0233 e. The summed E-state index contributed by atoms with van der Waals surface area (Å²) < 4.78 is 0. The summed E-state index contributed by atoms with van der Waals surface area (Å²) in [5.74, 6) is 0.946. The van der Waals surface area contributed by atoms with E-state index < -0.39 is 0 Å². The molecule has 1 aliphatic heterocycles. The number of nitrogens with zero attached hydrogens (tertiary/aromatic N) is 1. The third kappa shape index (κ3) is 2.45. The fourth-order valence-corrected chi connectivity index (χ4v) is 3.65. The molecule has 1 saturated heterocycles. The van der Waals surface area contributed by atoms with Gasteiger partial charge in [0.25, 0.3) is 0 Å². The Balaban J connectivity index is 1.49. The standard InChI is InChI=1S/C16H24N2/c17-9-6-15-12-16(15)7-10-18(11-8-16)13-14-4-2-1-3-5-14/h1-5,15H,6-13,17H2. The van der Waals surface area contributed by atoms with E-state index in [0.717, 1.165) is 19.0 Å². The summed E-state index contributed by atoms with van der Waals surface area (Å²) in [7, 11) is 0. The molecule has 1 unspecified atom stereocenters. The third-order valence-electron chi connectivity index (χ3n) is 4.97. The maximum Gasteiger partial charge on any atom is 0.0233 e. The number of hydrogen-bond acceptors (Lipinski definition) is 2. The van der Waals surface area contributed by atoms with Gasteiger partial charge in [-0.2, -0.15) is 0 Å². The van der Waals surface area contributed by atoms with Gasteiger partial charge >= 0.3 is 0 Å². The topological polar surface area (TPSA) is 29.3 Å². The summed E-state index contributed by atoms with van der Waals surface area (Å²) in [4.78, 5) is 2.61. The first-order valence-corrected chi connectivity index (χ1v) is 7.29. The summed E-state index contributed by atoms with van der Waals surface area (Å²) in [5.41, 5.74) is 7.83. The molecule has 2 nitrogen and oxygen atoms in total. The van der Waals surface area contributed by atoms with Gasteiger partial charge in [-0.15, -0.1) is 0 Å². The van der Waals surface area contributed by atoms with E-state index in [0.29, 0.717) is 5.41 Å². The van der Waals surface area contributed by atoms with Gasteiger partial charge in [0.2, 0.25) is 0 Å². The van der Waals surface area contributed by atoms with Crippen molar-refractivity contribution >= 4 is 0 Å². The Morgan fingerprint density at radius 2 is 1.89 bits per heavy atom. The highest BCUT2D eigenvalue weighted by atomic mass is 15.1. The highest BCUT2D eigenvalue weighted by Crippen LogP contribution is 2.60. The molecule has 1 atom stereocenters. The highest BCUT2D eigenvalue weighted by Gasteiger charge is 2.53. The van der Waals surface area contributed by atoms with Gasteiger partial charge in [0, 0.05) is 6.54 Å². The lowest BCUT2D eigenvalue weighted by atomic mass is 9.90. The maximum absolute atomic E-state index is 5.68. The molecule has 1 spiro atoms. The van der Waals surface area contributed by atoms with Crippen molar-refractivity contribution in [3.8, 4) is 0 Å². The second-order valence-electron chi connectivity index (χ2n) is 6.10. The average molecular weight is 244 g/mol. The molecule has 2 aliphatic rings. The molecule has 2 heteroatoms. The number of benzene rings is 1. The van der Waals surface area contributed by atoms with E-state index in [1.54, 1.807) is 0 Å². The van der Waals surface area contributed by atoms with Crippen molar-refractivity contribution in [1.82, 2.24) is 4.90 Å². The van der Waals surface area contributed by atoms with Crippen LogP contribution in [-0.2, 0) is 6.54 Å². The van der Waals surface area contributed by atoms with Crippen LogP contribution in [0.5, 0.6) is 0 Å². The Bertz CT molecular complexity index is 379. The van der Waals surface area contributed by atoms with Crippen LogP contribution in [0.2, 0.25) is 0 Å². The molecule has 0 amide bonds. The predicted molar refractivity (Wildman–Crippen MR) is 75.2 cm³/mol. The summed E-state index contributed by atoms with van der Waals surface area (Å²) in [6, 6.07) is 10.8. The number of nitrogens with two attached hydrogens (primary N) is 1. The molecule has 1 aromatic rings. The van der Waals surface area contributed by atoms with Crippen molar-refractivity contribution < 1.29 is 0 Å². The number of piperidine rings is 1. The van der Waals surface area contributed by atoms with Gasteiger partial charge < -0.3 is 5.73 Å². The minimum absolute atomic E-state index is 0.701. The fraction of sp³-hybridized carbons (Fsp3) is 0.625. The van der Waals surface area contributed by atoms with Gasteiger partial charge in [-0.05, 0) is 62.2 Å². The van der Waals surface area contributed by atoms with E-state index in [-0.39, 0.29) is 0 Å². The van der Waals surface area contributed by atoms with E-state index in [2.05, 4.69) is 35.2 Å². The van der Waals surface area contributed by atoms with E-state index in [1.165, 1.54) is 44.3 Å². The molecule has 1 aromatic carbocycles. The van der Waals surface area contributed by atoms with Crippen LogP contribution >= 0.6 is 0 Å². The predicted octanol–water partition coefficient (Wildman–Crippen LogP) is 2.64. The molecule has 1 heterocycles. The van der Waals surface area contributed by atoms with Crippen molar-refractivity contribution in [2.45, 2.75) is 32.2 Å². The lowest BCUT2D eigenvalue weighted by Crippen LogP contribution is -2.34. The summed E-state index contributed by atoms with van der Waals surface area (Å²) >= 11 is 0. The van der Waals surface area contributed by atoms with Gasteiger partial charge in [0.15, 0.2) is 0 Å². The summed E-state index contributed by atoms with van der Waals surface area (Å²) in [6.07, 6.45) is 5.48. The van der Waals surface area contributed by atoms with Crippen LogP contribution in [0.3, 0.4) is 0 Å². The first-order valence-electron chi connectivity index (χ1n) is 7.29. The van der Waals surface area contributed by atoms with Gasteiger partial charge in [0.1, 0.15) is 0 Å². The van der Waals surface area contributed by atoms with Gasteiger partial charge in [-0.3, -0.25) is 4.90 Å². The Labute approximate surface area is 110 Å². The Hall–Kier alpha value is -0.860. The molecule has 18 heavy (non-hydrogen) atoms. The van der Waals surface area contributed by atoms with Crippen LogP contribution in [0, 0.1) is 11.3 Å². The minimum atomic E-state index is 0.701. The third-order valence-corrected chi connectivity index (χ3v) is 4.97. The number of hydrogen-bond donors (Lipinski definition) is 1. The van der Waals surface area contributed by atoms with Crippen LogP contribution in [0.1, 0.15) is 31.2 Å². The van der Waals surface area contributed by atoms with E-state index in [1.807, 2.05) is 0 Å².